The lowest BCUT2D eigenvalue weighted by Gasteiger charge is -2.13. The van der Waals surface area contributed by atoms with Gasteiger partial charge in [0.2, 0.25) is 0 Å². The van der Waals surface area contributed by atoms with Crippen molar-refractivity contribution in [1.29, 1.82) is 0 Å². The fourth-order valence-corrected chi connectivity index (χ4v) is 2.09. The summed E-state index contributed by atoms with van der Waals surface area (Å²) in [6.45, 7) is 0.697. The maximum Gasteiger partial charge on any atom is 0.121 e. The van der Waals surface area contributed by atoms with Gasteiger partial charge in [0.15, 0.2) is 0 Å². The highest BCUT2D eigenvalue weighted by Gasteiger charge is 2.17. The first-order valence-corrected chi connectivity index (χ1v) is 5.81. The molecule has 0 fully saturated rings. The van der Waals surface area contributed by atoms with Crippen LogP contribution in [0.5, 0.6) is 0 Å². The largest absolute Gasteiger partial charge is 0.495 e. The zero-order valence-corrected chi connectivity index (χ0v) is 9.90. The van der Waals surface area contributed by atoms with Crippen molar-refractivity contribution in [2.24, 2.45) is 0 Å². The molecule has 0 spiro atoms. The molecule has 0 saturated heterocycles. The number of benzene rings is 1. The number of hydrogen-bond donors (Lipinski definition) is 1. The molecule has 0 saturated carbocycles. The second kappa shape index (κ2) is 4.81. The Morgan fingerprint density at radius 1 is 1.40 bits per heavy atom. The SMILES string of the molecule is OC(Cc1ccccc1Br)C1=CCCO1. The minimum atomic E-state index is -0.522. The molecule has 1 aromatic rings. The fourth-order valence-electron chi connectivity index (χ4n) is 1.64. The van der Waals surface area contributed by atoms with Crippen LogP contribution < -0.4 is 0 Å². The predicted octanol–water partition coefficient (Wildman–Crippen LogP) is 2.66. The first-order chi connectivity index (χ1) is 7.27. The highest BCUT2D eigenvalue weighted by atomic mass is 79.9. The van der Waals surface area contributed by atoms with Crippen LogP contribution in [0.25, 0.3) is 0 Å². The van der Waals surface area contributed by atoms with Crippen LogP contribution in [0.4, 0.5) is 0 Å². The molecule has 1 aromatic carbocycles. The van der Waals surface area contributed by atoms with Gasteiger partial charge in [-0.05, 0) is 17.7 Å². The Morgan fingerprint density at radius 3 is 2.87 bits per heavy atom. The summed E-state index contributed by atoms with van der Waals surface area (Å²) in [5, 5.41) is 9.91. The van der Waals surface area contributed by atoms with Gasteiger partial charge in [-0.3, -0.25) is 0 Å². The van der Waals surface area contributed by atoms with E-state index in [2.05, 4.69) is 15.9 Å². The molecule has 1 N–H and O–H groups in total. The first kappa shape index (κ1) is 10.7. The predicted molar refractivity (Wildman–Crippen MR) is 62.5 cm³/mol. The van der Waals surface area contributed by atoms with E-state index < -0.39 is 6.10 Å². The molecule has 1 aliphatic rings. The van der Waals surface area contributed by atoms with Gasteiger partial charge >= 0.3 is 0 Å². The van der Waals surface area contributed by atoms with Gasteiger partial charge in [-0.15, -0.1) is 0 Å². The Balaban J connectivity index is 2.05. The molecule has 0 amide bonds. The molecule has 15 heavy (non-hydrogen) atoms. The van der Waals surface area contributed by atoms with Gasteiger partial charge in [0.05, 0.1) is 6.61 Å². The van der Waals surface area contributed by atoms with Gasteiger partial charge in [0.25, 0.3) is 0 Å². The third kappa shape index (κ3) is 2.61. The van der Waals surface area contributed by atoms with Crippen molar-refractivity contribution in [2.45, 2.75) is 18.9 Å². The van der Waals surface area contributed by atoms with E-state index in [1.54, 1.807) is 0 Å². The molecule has 80 valence electrons. The summed E-state index contributed by atoms with van der Waals surface area (Å²) in [6, 6.07) is 7.91. The minimum Gasteiger partial charge on any atom is -0.495 e. The smallest absolute Gasteiger partial charge is 0.121 e. The van der Waals surface area contributed by atoms with Gasteiger partial charge in [-0.2, -0.15) is 0 Å². The van der Waals surface area contributed by atoms with E-state index in [1.165, 1.54) is 0 Å². The Morgan fingerprint density at radius 2 is 2.20 bits per heavy atom. The van der Waals surface area contributed by atoms with E-state index >= 15 is 0 Å². The number of hydrogen-bond acceptors (Lipinski definition) is 2. The molecule has 3 heteroatoms. The lowest BCUT2D eigenvalue weighted by molar-refractivity contribution is 0.118. The van der Waals surface area contributed by atoms with Crippen molar-refractivity contribution in [3.05, 3.63) is 46.1 Å². The second-order valence-corrected chi connectivity index (χ2v) is 4.41. The second-order valence-electron chi connectivity index (χ2n) is 3.55. The first-order valence-electron chi connectivity index (χ1n) is 5.01. The van der Waals surface area contributed by atoms with Crippen LogP contribution in [-0.4, -0.2) is 17.8 Å². The number of aliphatic hydroxyl groups is 1. The van der Waals surface area contributed by atoms with E-state index in [1.807, 2.05) is 30.3 Å². The molecular weight excluding hydrogens is 256 g/mol. The minimum absolute atomic E-state index is 0.522. The molecule has 0 aromatic heterocycles. The maximum absolute atomic E-state index is 9.91. The lowest BCUT2D eigenvalue weighted by Crippen LogP contribution is -2.14. The average molecular weight is 269 g/mol. The molecule has 1 aliphatic heterocycles. The Kier molecular flexibility index (Phi) is 3.44. The van der Waals surface area contributed by atoms with E-state index in [-0.39, 0.29) is 0 Å². The molecule has 2 nitrogen and oxygen atoms in total. The molecular formula is C12H13BrO2. The molecule has 2 rings (SSSR count). The van der Waals surface area contributed by atoms with Gasteiger partial charge in [0.1, 0.15) is 11.9 Å². The Hall–Kier alpha value is -0.800. The quantitative estimate of drug-likeness (QED) is 0.914. The normalized spacial score (nSPS) is 17.1. The summed E-state index contributed by atoms with van der Waals surface area (Å²) in [4.78, 5) is 0. The summed E-state index contributed by atoms with van der Waals surface area (Å²) in [5.41, 5.74) is 1.10. The van der Waals surface area contributed by atoms with Crippen LogP contribution in [0.15, 0.2) is 40.6 Å². The lowest BCUT2D eigenvalue weighted by atomic mass is 10.1. The van der Waals surface area contributed by atoms with E-state index in [0.29, 0.717) is 18.8 Å². The topological polar surface area (TPSA) is 29.5 Å². The summed E-state index contributed by atoms with van der Waals surface area (Å²) in [6.07, 6.45) is 2.93. The number of halogens is 1. The Labute approximate surface area is 97.7 Å². The zero-order chi connectivity index (χ0) is 10.7. The van der Waals surface area contributed by atoms with Crippen molar-refractivity contribution >= 4 is 15.9 Å². The van der Waals surface area contributed by atoms with Gasteiger partial charge in [0, 0.05) is 17.3 Å². The van der Waals surface area contributed by atoms with Crippen molar-refractivity contribution in [3.8, 4) is 0 Å². The third-order valence-corrected chi connectivity index (χ3v) is 3.21. The van der Waals surface area contributed by atoms with Gasteiger partial charge in [-0.25, -0.2) is 0 Å². The zero-order valence-electron chi connectivity index (χ0n) is 8.32. The summed E-state index contributed by atoms with van der Waals surface area (Å²) >= 11 is 3.46. The van der Waals surface area contributed by atoms with Crippen molar-refractivity contribution in [2.75, 3.05) is 6.61 Å². The van der Waals surface area contributed by atoms with Crippen molar-refractivity contribution in [3.63, 3.8) is 0 Å². The standard InChI is InChI=1S/C12H13BrO2/c13-10-5-2-1-4-9(10)8-11(14)12-6-3-7-15-12/h1-2,4-6,11,14H,3,7-8H2. The molecule has 0 bridgehead atoms. The molecule has 1 unspecified atom stereocenters. The van der Waals surface area contributed by atoms with Crippen molar-refractivity contribution < 1.29 is 9.84 Å². The maximum atomic E-state index is 9.91. The number of ether oxygens (including phenoxy) is 1. The number of aliphatic hydroxyl groups excluding tert-OH is 1. The molecule has 1 heterocycles. The monoisotopic (exact) mass is 268 g/mol. The fraction of sp³-hybridized carbons (Fsp3) is 0.333. The Bertz CT molecular complexity index is 374. The third-order valence-electron chi connectivity index (χ3n) is 2.43. The molecule has 1 atom stereocenters. The highest BCUT2D eigenvalue weighted by molar-refractivity contribution is 9.10. The summed E-state index contributed by atoms with van der Waals surface area (Å²) < 4.78 is 6.35. The molecule has 0 aliphatic carbocycles. The van der Waals surface area contributed by atoms with Crippen LogP contribution in [0.3, 0.4) is 0 Å². The van der Waals surface area contributed by atoms with Crippen LogP contribution in [0.2, 0.25) is 0 Å². The van der Waals surface area contributed by atoms with E-state index in [4.69, 9.17) is 4.74 Å². The van der Waals surface area contributed by atoms with Crippen LogP contribution >= 0.6 is 15.9 Å². The highest BCUT2D eigenvalue weighted by Crippen LogP contribution is 2.21. The van der Waals surface area contributed by atoms with Gasteiger partial charge in [-0.1, -0.05) is 34.1 Å². The van der Waals surface area contributed by atoms with E-state index in [9.17, 15) is 5.11 Å². The van der Waals surface area contributed by atoms with Crippen LogP contribution in [0, 0.1) is 0 Å². The number of rotatable bonds is 3. The molecule has 0 radical (unpaired) electrons. The van der Waals surface area contributed by atoms with Gasteiger partial charge < -0.3 is 9.84 Å². The van der Waals surface area contributed by atoms with E-state index in [0.717, 1.165) is 16.5 Å². The summed E-state index contributed by atoms with van der Waals surface area (Å²) in [7, 11) is 0. The van der Waals surface area contributed by atoms with Crippen LogP contribution in [0.1, 0.15) is 12.0 Å². The summed E-state index contributed by atoms with van der Waals surface area (Å²) in [5.74, 6) is 0.714. The van der Waals surface area contributed by atoms with Crippen LogP contribution in [-0.2, 0) is 11.2 Å². The average Bonchev–Trinajstić information content (AvgIpc) is 2.74. The van der Waals surface area contributed by atoms with Crippen molar-refractivity contribution in [1.82, 2.24) is 0 Å².